The molecule has 134 valence electrons. The molecule has 0 bridgehead atoms. The maximum atomic E-state index is 12.6. The Kier molecular flexibility index (Phi) is 3.66. The van der Waals surface area contributed by atoms with Crippen LogP contribution in [0.15, 0.2) is 90.0 Å². The third kappa shape index (κ3) is 2.61. The van der Waals surface area contributed by atoms with E-state index in [1.807, 2.05) is 48.5 Å². The second kappa shape index (κ2) is 6.32. The minimum Gasteiger partial charge on any atom is -0.267 e. The monoisotopic (exact) mass is 365 g/mol. The highest BCUT2D eigenvalue weighted by atomic mass is 16.2. The van der Waals surface area contributed by atoms with E-state index in [9.17, 15) is 9.59 Å². The van der Waals surface area contributed by atoms with Gasteiger partial charge in [0, 0.05) is 5.56 Å². The van der Waals surface area contributed by atoms with Crippen molar-refractivity contribution in [1.82, 2.24) is 9.66 Å². The van der Waals surface area contributed by atoms with Crippen LogP contribution in [0.5, 0.6) is 0 Å². The molecule has 0 aliphatic rings. The number of nitrogens with zero attached hydrogens (tertiary/aromatic N) is 2. The fourth-order valence-corrected chi connectivity index (χ4v) is 3.52. The van der Waals surface area contributed by atoms with Gasteiger partial charge in [-0.2, -0.15) is 4.98 Å². The van der Waals surface area contributed by atoms with Crippen LogP contribution in [0.25, 0.3) is 32.4 Å². The van der Waals surface area contributed by atoms with Gasteiger partial charge in [0.2, 0.25) is 0 Å². The molecule has 0 atom stereocenters. The Hall–Kier alpha value is -3.99. The summed E-state index contributed by atoms with van der Waals surface area (Å²) < 4.78 is 1.50. The Balaban J connectivity index is 1.72. The second-order valence-electron chi connectivity index (χ2n) is 6.61. The van der Waals surface area contributed by atoms with Crippen LogP contribution in [0.1, 0.15) is 10.4 Å². The number of carbonyl (C=O) groups excluding carboxylic acids is 1. The molecule has 4 aromatic carbocycles. The van der Waals surface area contributed by atoms with Gasteiger partial charge in [0.05, 0.1) is 10.9 Å². The topological polar surface area (TPSA) is 64.0 Å². The van der Waals surface area contributed by atoms with Crippen LogP contribution in [0.3, 0.4) is 0 Å². The summed E-state index contributed by atoms with van der Waals surface area (Å²) in [6.07, 6.45) is 1.35. The van der Waals surface area contributed by atoms with Crippen LogP contribution in [0.4, 0.5) is 0 Å². The van der Waals surface area contributed by atoms with Crippen molar-refractivity contribution in [2.75, 3.05) is 5.43 Å². The first-order valence-corrected chi connectivity index (χ1v) is 8.90. The van der Waals surface area contributed by atoms with Crippen molar-refractivity contribution in [3.63, 3.8) is 0 Å². The lowest BCUT2D eigenvalue weighted by atomic mass is 10.0. The first kappa shape index (κ1) is 16.2. The zero-order chi connectivity index (χ0) is 19.1. The van der Waals surface area contributed by atoms with Crippen LogP contribution in [-0.2, 0) is 0 Å². The summed E-state index contributed by atoms with van der Waals surface area (Å²) in [5, 5.41) is 4.41. The van der Waals surface area contributed by atoms with Gasteiger partial charge in [-0.25, -0.2) is 4.68 Å². The molecule has 5 rings (SSSR count). The van der Waals surface area contributed by atoms with Crippen molar-refractivity contribution in [3.8, 4) is 0 Å². The summed E-state index contributed by atoms with van der Waals surface area (Å²) >= 11 is 0. The van der Waals surface area contributed by atoms with Crippen LogP contribution in [0, 0.1) is 0 Å². The Morgan fingerprint density at radius 1 is 0.821 bits per heavy atom. The predicted octanol–water partition coefficient (Wildman–Crippen LogP) is 4.09. The van der Waals surface area contributed by atoms with E-state index in [1.165, 1.54) is 11.0 Å². The first-order chi connectivity index (χ1) is 13.7. The molecule has 5 aromatic rings. The molecule has 0 saturated carbocycles. The fraction of sp³-hybridized carbons (Fsp3) is 0. The van der Waals surface area contributed by atoms with E-state index in [4.69, 9.17) is 0 Å². The molecular weight excluding hydrogens is 350 g/mol. The Labute approximate surface area is 159 Å². The summed E-state index contributed by atoms with van der Waals surface area (Å²) in [6.45, 7) is 0. The van der Waals surface area contributed by atoms with Gasteiger partial charge in [0.1, 0.15) is 6.33 Å². The van der Waals surface area contributed by atoms with Gasteiger partial charge >= 0.3 is 0 Å². The molecular formula is C23H15N3O2. The molecule has 1 aromatic heterocycles. The van der Waals surface area contributed by atoms with Crippen LogP contribution in [-0.4, -0.2) is 15.6 Å². The molecule has 1 N–H and O–H groups in total. The van der Waals surface area contributed by atoms with E-state index < -0.39 is 0 Å². The van der Waals surface area contributed by atoms with Crippen molar-refractivity contribution >= 4 is 38.4 Å². The van der Waals surface area contributed by atoms with E-state index >= 15 is 0 Å². The van der Waals surface area contributed by atoms with Crippen molar-refractivity contribution in [3.05, 3.63) is 101 Å². The van der Waals surface area contributed by atoms with E-state index in [-0.39, 0.29) is 11.5 Å². The quantitative estimate of drug-likeness (QED) is 0.379. The lowest BCUT2D eigenvalue weighted by Gasteiger charge is -2.13. The van der Waals surface area contributed by atoms with E-state index in [2.05, 4.69) is 16.5 Å². The number of fused-ring (bicyclic) bond motifs is 4. The van der Waals surface area contributed by atoms with Crippen molar-refractivity contribution in [1.29, 1.82) is 0 Å². The van der Waals surface area contributed by atoms with Gasteiger partial charge in [-0.1, -0.05) is 48.5 Å². The summed E-state index contributed by atoms with van der Waals surface area (Å²) in [5.74, 6) is -0.272. The first-order valence-electron chi connectivity index (χ1n) is 8.90. The average molecular weight is 365 g/mol. The smallest absolute Gasteiger partial charge is 0.267 e. The number of hydrogen-bond acceptors (Lipinski definition) is 3. The van der Waals surface area contributed by atoms with Gasteiger partial charge in [-0.3, -0.25) is 15.0 Å². The minimum absolute atomic E-state index is 0.272. The Morgan fingerprint density at radius 2 is 1.54 bits per heavy atom. The maximum absolute atomic E-state index is 12.6. The molecule has 5 heteroatoms. The largest absolute Gasteiger partial charge is 0.281 e. The van der Waals surface area contributed by atoms with Crippen LogP contribution >= 0.6 is 0 Å². The number of nitrogens with one attached hydrogen (secondary N) is 1. The highest BCUT2D eigenvalue weighted by molar-refractivity contribution is 6.11. The molecule has 0 aliphatic heterocycles. The van der Waals surface area contributed by atoms with Crippen LogP contribution < -0.4 is 11.0 Å². The Bertz CT molecular complexity index is 1420. The summed E-state index contributed by atoms with van der Waals surface area (Å²) in [5.41, 5.74) is 3.62. The Morgan fingerprint density at radius 3 is 2.32 bits per heavy atom. The van der Waals surface area contributed by atoms with Crippen LogP contribution in [0.2, 0.25) is 0 Å². The molecule has 0 saturated heterocycles. The third-order valence-corrected chi connectivity index (χ3v) is 4.89. The maximum Gasteiger partial charge on any atom is 0.281 e. The molecule has 0 spiro atoms. The summed E-state index contributed by atoms with van der Waals surface area (Å²) in [6, 6.07) is 24.8. The van der Waals surface area contributed by atoms with Crippen molar-refractivity contribution in [2.45, 2.75) is 0 Å². The number of amides is 1. The fourth-order valence-electron chi connectivity index (χ4n) is 3.52. The standard InChI is InChI=1S/C23H15N3O2/c27-22(15-6-2-1-3-7-15)25-26-14-24-23(28)21-19-13-17-9-5-4-8-16(17)12-18(19)10-11-20(21)26/h1-14H,(H,25,27). The second-order valence-corrected chi connectivity index (χ2v) is 6.61. The van der Waals surface area contributed by atoms with E-state index in [0.29, 0.717) is 16.5 Å². The number of benzene rings is 4. The highest BCUT2D eigenvalue weighted by Gasteiger charge is 2.12. The summed E-state index contributed by atoms with van der Waals surface area (Å²) in [4.78, 5) is 29.1. The number of hydrogen-bond donors (Lipinski definition) is 1. The lowest BCUT2D eigenvalue weighted by Crippen LogP contribution is -2.26. The normalized spacial score (nSPS) is 11.1. The molecule has 1 amide bonds. The molecule has 0 radical (unpaired) electrons. The van der Waals surface area contributed by atoms with Gasteiger partial charge < -0.3 is 0 Å². The molecule has 1 heterocycles. The zero-order valence-electron chi connectivity index (χ0n) is 14.8. The lowest BCUT2D eigenvalue weighted by molar-refractivity contribution is 0.101. The minimum atomic E-state index is -0.318. The molecule has 0 aliphatic carbocycles. The molecule has 28 heavy (non-hydrogen) atoms. The van der Waals surface area contributed by atoms with Gasteiger partial charge in [-0.05, 0) is 51.9 Å². The van der Waals surface area contributed by atoms with E-state index in [1.54, 1.807) is 24.3 Å². The number of aromatic nitrogens is 2. The molecule has 0 fully saturated rings. The molecule has 0 unspecified atom stereocenters. The number of carbonyl (C=O) groups is 1. The van der Waals surface area contributed by atoms with E-state index in [0.717, 1.165) is 21.5 Å². The third-order valence-electron chi connectivity index (χ3n) is 4.89. The number of rotatable bonds is 2. The zero-order valence-corrected chi connectivity index (χ0v) is 14.8. The SMILES string of the molecule is O=C(Nn1cnc(=O)c2c3cc4ccccc4cc3ccc21)c1ccccc1. The predicted molar refractivity (Wildman–Crippen MR) is 111 cm³/mol. The highest BCUT2D eigenvalue weighted by Crippen LogP contribution is 2.27. The summed E-state index contributed by atoms with van der Waals surface area (Å²) in [7, 11) is 0. The average Bonchev–Trinajstić information content (AvgIpc) is 2.74. The van der Waals surface area contributed by atoms with Gasteiger partial charge in [0.25, 0.3) is 11.5 Å². The van der Waals surface area contributed by atoms with Gasteiger partial charge in [-0.15, -0.1) is 0 Å². The van der Waals surface area contributed by atoms with Gasteiger partial charge in [0.15, 0.2) is 0 Å². The van der Waals surface area contributed by atoms with Crippen molar-refractivity contribution < 1.29 is 4.79 Å². The molecule has 5 nitrogen and oxygen atoms in total. The van der Waals surface area contributed by atoms with Crippen molar-refractivity contribution in [2.24, 2.45) is 0 Å².